The molecule has 2 N–H and O–H groups in total. The monoisotopic (exact) mass is 231 g/mol. The highest BCUT2D eigenvalue weighted by Gasteiger charge is 2.14. The van der Waals surface area contributed by atoms with Gasteiger partial charge in [-0.3, -0.25) is 0 Å². The summed E-state index contributed by atoms with van der Waals surface area (Å²) in [4.78, 5) is 1.27. The maximum Gasteiger partial charge on any atom is 0.0651 e. The first-order chi connectivity index (χ1) is 7.59. The zero-order valence-electron chi connectivity index (χ0n) is 9.95. The fourth-order valence-corrected chi connectivity index (χ4v) is 2.97. The van der Waals surface area contributed by atoms with Crippen molar-refractivity contribution < 1.29 is 0 Å². The van der Waals surface area contributed by atoms with Gasteiger partial charge in [0, 0.05) is 4.88 Å². The highest BCUT2D eigenvalue weighted by molar-refractivity contribution is 7.10. The Balaban J connectivity index is 2.41. The minimum absolute atomic E-state index is 0.0144. The molecule has 0 amide bonds. The molecular weight excluding hydrogens is 214 g/mol. The van der Waals surface area contributed by atoms with E-state index < -0.39 is 0 Å². The van der Waals surface area contributed by atoms with Crippen molar-refractivity contribution in [3.8, 4) is 0 Å². The summed E-state index contributed by atoms with van der Waals surface area (Å²) in [5, 5.41) is 2.11. The van der Waals surface area contributed by atoms with Gasteiger partial charge in [0.05, 0.1) is 6.04 Å². The van der Waals surface area contributed by atoms with E-state index in [-0.39, 0.29) is 6.04 Å². The lowest BCUT2D eigenvalue weighted by molar-refractivity contribution is 0.874. The van der Waals surface area contributed by atoms with Crippen molar-refractivity contribution in [2.75, 3.05) is 0 Å². The number of hydrogen-bond donors (Lipinski definition) is 1. The molecule has 1 aromatic carbocycles. The lowest BCUT2D eigenvalue weighted by Gasteiger charge is -2.15. The molecule has 0 aliphatic rings. The minimum atomic E-state index is 0.0144. The lowest BCUT2D eigenvalue weighted by Crippen LogP contribution is -2.12. The van der Waals surface area contributed by atoms with Crippen LogP contribution >= 0.6 is 11.3 Å². The van der Waals surface area contributed by atoms with Crippen LogP contribution in [0.2, 0.25) is 0 Å². The molecule has 84 valence electrons. The third-order valence-electron chi connectivity index (χ3n) is 2.94. The first kappa shape index (κ1) is 11.4. The molecule has 2 rings (SSSR count). The van der Waals surface area contributed by atoms with Crippen molar-refractivity contribution in [2.45, 2.75) is 26.8 Å². The predicted molar refractivity (Wildman–Crippen MR) is 71.0 cm³/mol. The van der Waals surface area contributed by atoms with Crippen LogP contribution in [-0.4, -0.2) is 0 Å². The van der Waals surface area contributed by atoms with E-state index in [9.17, 15) is 0 Å². The molecule has 0 saturated carbocycles. The van der Waals surface area contributed by atoms with E-state index in [1.807, 2.05) is 0 Å². The summed E-state index contributed by atoms with van der Waals surface area (Å²) >= 11 is 1.74. The van der Waals surface area contributed by atoms with Crippen molar-refractivity contribution in [2.24, 2.45) is 5.73 Å². The third kappa shape index (κ3) is 2.04. The number of benzene rings is 1. The van der Waals surface area contributed by atoms with Gasteiger partial charge in [-0.1, -0.05) is 23.8 Å². The molecular formula is C14H17NS. The van der Waals surface area contributed by atoms with Crippen LogP contribution in [0.1, 0.15) is 33.2 Å². The van der Waals surface area contributed by atoms with Crippen LogP contribution in [0.5, 0.6) is 0 Å². The molecule has 1 aromatic heterocycles. The molecule has 2 heteroatoms. The third-order valence-corrected chi connectivity index (χ3v) is 4.05. The summed E-state index contributed by atoms with van der Waals surface area (Å²) in [6.45, 7) is 6.36. The maximum absolute atomic E-state index is 6.32. The molecule has 0 spiro atoms. The number of rotatable bonds is 2. The Morgan fingerprint density at radius 2 is 1.81 bits per heavy atom. The average Bonchev–Trinajstić information content (AvgIpc) is 2.63. The summed E-state index contributed by atoms with van der Waals surface area (Å²) in [5.74, 6) is 0. The van der Waals surface area contributed by atoms with Crippen LogP contribution in [0.3, 0.4) is 0 Å². The normalized spacial score (nSPS) is 12.8. The SMILES string of the molecule is Cc1ccc(C(N)c2sccc2C)c(C)c1. The Labute approximate surface area is 101 Å². The number of aryl methyl sites for hydroxylation is 3. The smallest absolute Gasteiger partial charge is 0.0651 e. The highest BCUT2D eigenvalue weighted by atomic mass is 32.1. The van der Waals surface area contributed by atoms with E-state index in [2.05, 4.69) is 50.4 Å². The lowest BCUT2D eigenvalue weighted by atomic mass is 9.97. The van der Waals surface area contributed by atoms with Gasteiger partial charge < -0.3 is 5.73 Å². The molecule has 1 nitrogen and oxygen atoms in total. The van der Waals surface area contributed by atoms with Crippen LogP contribution in [0, 0.1) is 20.8 Å². The molecule has 0 aliphatic carbocycles. The first-order valence-electron chi connectivity index (χ1n) is 5.46. The second kappa shape index (κ2) is 4.40. The van der Waals surface area contributed by atoms with Gasteiger partial charge in [0.2, 0.25) is 0 Å². The van der Waals surface area contributed by atoms with E-state index >= 15 is 0 Å². The molecule has 1 heterocycles. The van der Waals surface area contributed by atoms with E-state index in [0.717, 1.165) is 0 Å². The summed E-state index contributed by atoms with van der Waals surface area (Å²) in [5.41, 5.74) is 11.4. The predicted octanol–water partition coefficient (Wildman–Crippen LogP) is 3.72. The number of thiophene rings is 1. The summed E-state index contributed by atoms with van der Waals surface area (Å²) < 4.78 is 0. The Bertz CT molecular complexity index is 499. The summed E-state index contributed by atoms with van der Waals surface area (Å²) in [6, 6.07) is 8.61. The largest absolute Gasteiger partial charge is 0.320 e. The molecule has 0 bridgehead atoms. The van der Waals surface area contributed by atoms with E-state index in [1.165, 1.54) is 27.1 Å². The zero-order chi connectivity index (χ0) is 11.7. The van der Waals surface area contributed by atoms with Gasteiger partial charge in [-0.25, -0.2) is 0 Å². The molecule has 0 saturated heterocycles. The van der Waals surface area contributed by atoms with Gasteiger partial charge >= 0.3 is 0 Å². The van der Waals surface area contributed by atoms with Gasteiger partial charge in [-0.2, -0.15) is 0 Å². The molecule has 1 unspecified atom stereocenters. The standard InChI is InChI=1S/C14H17NS/c1-9-4-5-12(11(3)8-9)13(15)14-10(2)6-7-16-14/h4-8,13H,15H2,1-3H3. The van der Waals surface area contributed by atoms with Crippen molar-refractivity contribution in [1.82, 2.24) is 0 Å². The van der Waals surface area contributed by atoms with Crippen LogP contribution in [0.4, 0.5) is 0 Å². The van der Waals surface area contributed by atoms with Gasteiger partial charge in [-0.05, 0) is 48.9 Å². The summed E-state index contributed by atoms with van der Waals surface area (Å²) in [6.07, 6.45) is 0. The molecule has 0 aliphatic heterocycles. The van der Waals surface area contributed by atoms with Crippen molar-refractivity contribution >= 4 is 11.3 Å². The fourth-order valence-electron chi connectivity index (χ4n) is 2.02. The molecule has 1 atom stereocenters. The fraction of sp³-hybridized carbons (Fsp3) is 0.286. The average molecular weight is 231 g/mol. The summed E-state index contributed by atoms with van der Waals surface area (Å²) in [7, 11) is 0. The van der Waals surface area contributed by atoms with E-state index in [4.69, 9.17) is 5.73 Å². The van der Waals surface area contributed by atoms with E-state index in [1.54, 1.807) is 11.3 Å². The minimum Gasteiger partial charge on any atom is -0.320 e. The quantitative estimate of drug-likeness (QED) is 0.837. The molecule has 0 radical (unpaired) electrons. The van der Waals surface area contributed by atoms with Crippen LogP contribution in [-0.2, 0) is 0 Å². The van der Waals surface area contributed by atoms with Crippen molar-refractivity contribution in [1.29, 1.82) is 0 Å². The number of hydrogen-bond acceptors (Lipinski definition) is 2. The Hall–Kier alpha value is -1.12. The van der Waals surface area contributed by atoms with Crippen LogP contribution in [0.15, 0.2) is 29.6 Å². The van der Waals surface area contributed by atoms with Crippen LogP contribution < -0.4 is 5.73 Å². The second-order valence-electron chi connectivity index (χ2n) is 4.31. The van der Waals surface area contributed by atoms with Gasteiger partial charge in [0.25, 0.3) is 0 Å². The van der Waals surface area contributed by atoms with Gasteiger partial charge in [0.1, 0.15) is 0 Å². The van der Waals surface area contributed by atoms with Crippen molar-refractivity contribution in [3.63, 3.8) is 0 Å². The Kier molecular flexibility index (Phi) is 3.13. The molecule has 2 aromatic rings. The van der Waals surface area contributed by atoms with E-state index in [0.29, 0.717) is 0 Å². The number of nitrogens with two attached hydrogens (primary N) is 1. The van der Waals surface area contributed by atoms with Gasteiger partial charge in [-0.15, -0.1) is 11.3 Å². The molecule has 0 fully saturated rings. The topological polar surface area (TPSA) is 26.0 Å². The maximum atomic E-state index is 6.32. The zero-order valence-corrected chi connectivity index (χ0v) is 10.8. The Morgan fingerprint density at radius 3 is 2.38 bits per heavy atom. The first-order valence-corrected chi connectivity index (χ1v) is 6.34. The van der Waals surface area contributed by atoms with Crippen molar-refractivity contribution in [3.05, 3.63) is 56.8 Å². The highest BCUT2D eigenvalue weighted by Crippen LogP contribution is 2.29. The van der Waals surface area contributed by atoms with Gasteiger partial charge in [0.15, 0.2) is 0 Å². The van der Waals surface area contributed by atoms with Crippen LogP contribution in [0.25, 0.3) is 0 Å². The molecule has 16 heavy (non-hydrogen) atoms. The second-order valence-corrected chi connectivity index (χ2v) is 5.25. The Morgan fingerprint density at radius 1 is 1.06 bits per heavy atom.